The molecule has 0 bridgehead atoms. The number of rotatable bonds is 4. The third-order valence-corrected chi connectivity index (χ3v) is 6.17. The Hall–Kier alpha value is -2.63. The first-order valence-electron chi connectivity index (χ1n) is 10.2. The van der Waals surface area contributed by atoms with Gasteiger partial charge in [0.1, 0.15) is 0 Å². The van der Waals surface area contributed by atoms with Crippen LogP contribution in [-0.4, -0.2) is 57.8 Å². The highest BCUT2D eigenvalue weighted by Crippen LogP contribution is 2.39. The van der Waals surface area contributed by atoms with Crippen molar-refractivity contribution in [3.05, 3.63) is 53.6 Å². The molecule has 6 heteroatoms. The van der Waals surface area contributed by atoms with Gasteiger partial charge in [0.25, 0.3) is 5.91 Å². The fourth-order valence-electron chi connectivity index (χ4n) is 4.66. The Kier molecular flexibility index (Phi) is 5.20. The number of imidazole rings is 1. The first-order valence-corrected chi connectivity index (χ1v) is 10.2. The van der Waals surface area contributed by atoms with E-state index in [0.717, 1.165) is 62.1 Å². The molecule has 0 unspecified atom stereocenters. The molecular weight excluding hydrogens is 352 g/mol. The molecular formula is C22H28N4O2. The topological polar surface area (TPSA) is 69.3 Å². The number of aryl methyl sites for hydroxylation is 1. The number of nitrogens with one attached hydrogen (secondary N) is 1. The van der Waals surface area contributed by atoms with Gasteiger partial charge in [0, 0.05) is 61.9 Å². The number of aromatic nitrogens is 2. The highest BCUT2D eigenvalue weighted by Gasteiger charge is 2.42. The van der Waals surface area contributed by atoms with Gasteiger partial charge in [-0.1, -0.05) is 17.7 Å². The molecule has 2 aliphatic rings. The molecule has 6 nitrogen and oxygen atoms in total. The third kappa shape index (κ3) is 3.96. The average Bonchev–Trinajstić information content (AvgIpc) is 3.22. The number of hydrogen-bond donors (Lipinski definition) is 1. The monoisotopic (exact) mass is 380 g/mol. The summed E-state index contributed by atoms with van der Waals surface area (Å²) >= 11 is 0. The number of H-pyrrole nitrogens is 1. The zero-order chi connectivity index (χ0) is 19.6. The normalized spacial score (nSPS) is 22.7. The van der Waals surface area contributed by atoms with Crippen LogP contribution in [0.3, 0.4) is 0 Å². The van der Waals surface area contributed by atoms with Gasteiger partial charge in [-0.2, -0.15) is 0 Å². The lowest BCUT2D eigenvalue weighted by atomic mass is 9.73. The van der Waals surface area contributed by atoms with Crippen molar-refractivity contribution < 1.29 is 9.59 Å². The van der Waals surface area contributed by atoms with E-state index in [9.17, 15) is 9.59 Å². The number of piperidine rings is 2. The molecule has 1 N–H and O–H groups in total. The highest BCUT2D eigenvalue weighted by molar-refractivity contribution is 5.94. The molecule has 1 aromatic heterocycles. The molecule has 2 aromatic rings. The Balaban J connectivity index is 1.44. The molecule has 3 heterocycles. The molecule has 0 aliphatic carbocycles. The minimum absolute atomic E-state index is 0.0274. The summed E-state index contributed by atoms with van der Waals surface area (Å²) in [5, 5.41) is 0. The third-order valence-electron chi connectivity index (χ3n) is 6.17. The number of likely N-dealkylation sites (tertiary alicyclic amines) is 2. The lowest BCUT2D eigenvalue weighted by Gasteiger charge is -2.48. The van der Waals surface area contributed by atoms with Crippen molar-refractivity contribution in [1.29, 1.82) is 0 Å². The smallest absolute Gasteiger partial charge is 0.253 e. The number of nitrogens with zero attached hydrogens (tertiary/aromatic N) is 3. The van der Waals surface area contributed by atoms with E-state index >= 15 is 0 Å². The van der Waals surface area contributed by atoms with Crippen molar-refractivity contribution >= 4 is 11.8 Å². The number of carbonyl (C=O) groups is 2. The highest BCUT2D eigenvalue weighted by atomic mass is 16.2. The van der Waals surface area contributed by atoms with Gasteiger partial charge in [-0.05, 0) is 38.3 Å². The molecule has 2 saturated heterocycles. The predicted molar refractivity (Wildman–Crippen MR) is 107 cm³/mol. The Morgan fingerprint density at radius 3 is 2.96 bits per heavy atom. The Morgan fingerprint density at radius 2 is 2.18 bits per heavy atom. The maximum atomic E-state index is 13.0. The second kappa shape index (κ2) is 7.78. The van der Waals surface area contributed by atoms with Crippen molar-refractivity contribution in [2.45, 2.75) is 39.0 Å². The molecule has 28 heavy (non-hydrogen) atoms. The molecule has 4 rings (SSSR count). The van der Waals surface area contributed by atoms with Gasteiger partial charge in [-0.3, -0.25) is 9.59 Å². The van der Waals surface area contributed by atoms with Crippen molar-refractivity contribution in [2.75, 3.05) is 26.2 Å². The van der Waals surface area contributed by atoms with E-state index in [1.807, 2.05) is 47.2 Å². The van der Waals surface area contributed by atoms with Crippen LogP contribution in [0.15, 0.2) is 36.8 Å². The number of benzene rings is 1. The number of aromatic amines is 1. The first kappa shape index (κ1) is 18.7. The van der Waals surface area contributed by atoms with Gasteiger partial charge in [0.05, 0.1) is 6.33 Å². The van der Waals surface area contributed by atoms with E-state index in [1.165, 1.54) is 0 Å². The van der Waals surface area contributed by atoms with Gasteiger partial charge in [-0.15, -0.1) is 0 Å². The minimum atomic E-state index is 0.0274. The van der Waals surface area contributed by atoms with Crippen LogP contribution >= 0.6 is 0 Å². The summed E-state index contributed by atoms with van der Waals surface area (Å²) in [5.74, 6) is 0.343. The van der Waals surface area contributed by atoms with Crippen LogP contribution in [0.4, 0.5) is 0 Å². The Labute approximate surface area is 165 Å². The van der Waals surface area contributed by atoms with E-state index in [-0.39, 0.29) is 17.2 Å². The molecule has 2 aliphatic heterocycles. The van der Waals surface area contributed by atoms with Crippen LogP contribution in [0, 0.1) is 12.3 Å². The lowest BCUT2D eigenvalue weighted by Crippen LogP contribution is -2.55. The van der Waals surface area contributed by atoms with Gasteiger partial charge in [-0.25, -0.2) is 4.98 Å². The number of amides is 2. The molecule has 2 fully saturated rings. The molecule has 0 radical (unpaired) electrons. The van der Waals surface area contributed by atoms with Crippen molar-refractivity contribution in [2.24, 2.45) is 5.41 Å². The Bertz CT molecular complexity index is 848. The SMILES string of the molecule is Cc1cccc(C(=O)N2CCC[C@@]3(CCC(=O)N(CCc4cnc[nH]4)C3)C2)c1. The van der Waals surface area contributed by atoms with Gasteiger partial charge >= 0.3 is 0 Å². The van der Waals surface area contributed by atoms with Crippen molar-refractivity contribution in [3.63, 3.8) is 0 Å². The lowest BCUT2D eigenvalue weighted by molar-refractivity contribution is -0.138. The Morgan fingerprint density at radius 1 is 1.29 bits per heavy atom. The number of carbonyl (C=O) groups excluding carboxylic acids is 2. The molecule has 1 spiro atoms. The second-order valence-electron chi connectivity index (χ2n) is 8.34. The second-order valence-corrected chi connectivity index (χ2v) is 8.34. The average molecular weight is 380 g/mol. The van der Waals surface area contributed by atoms with E-state index < -0.39 is 0 Å². The molecule has 1 aromatic carbocycles. The summed E-state index contributed by atoms with van der Waals surface area (Å²) in [7, 11) is 0. The minimum Gasteiger partial charge on any atom is -0.348 e. The molecule has 2 amide bonds. The van der Waals surface area contributed by atoms with Crippen LogP contribution in [0.2, 0.25) is 0 Å². The van der Waals surface area contributed by atoms with Crippen LogP contribution in [0.1, 0.15) is 47.3 Å². The van der Waals surface area contributed by atoms with Crippen molar-refractivity contribution in [1.82, 2.24) is 19.8 Å². The van der Waals surface area contributed by atoms with Gasteiger partial charge in [0.2, 0.25) is 5.91 Å². The summed E-state index contributed by atoms with van der Waals surface area (Å²) in [6.45, 7) is 5.01. The summed E-state index contributed by atoms with van der Waals surface area (Å²) in [5.41, 5.74) is 2.94. The summed E-state index contributed by atoms with van der Waals surface area (Å²) in [4.78, 5) is 36.7. The van der Waals surface area contributed by atoms with E-state index in [0.29, 0.717) is 13.0 Å². The molecule has 148 valence electrons. The zero-order valence-corrected chi connectivity index (χ0v) is 16.5. The van der Waals surface area contributed by atoms with Gasteiger partial charge < -0.3 is 14.8 Å². The summed E-state index contributed by atoms with van der Waals surface area (Å²) < 4.78 is 0. The zero-order valence-electron chi connectivity index (χ0n) is 16.5. The maximum absolute atomic E-state index is 13.0. The van der Waals surface area contributed by atoms with E-state index in [1.54, 1.807) is 6.33 Å². The van der Waals surface area contributed by atoms with Crippen molar-refractivity contribution in [3.8, 4) is 0 Å². The molecule has 1 atom stereocenters. The summed E-state index contributed by atoms with van der Waals surface area (Å²) in [6.07, 6.45) is 7.81. The maximum Gasteiger partial charge on any atom is 0.253 e. The predicted octanol–water partition coefficient (Wildman–Crippen LogP) is 2.81. The largest absolute Gasteiger partial charge is 0.348 e. The first-order chi connectivity index (χ1) is 13.5. The van der Waals surface area contributed by atoms with E-state index in [4.69, 9.17) is 0 Å². The van der Waals surface area contributed by atoms with Crippen LogP contribution in [-0.2, 0) is 11.2 Å². The summed E-state index contributed by atoms with van der Waals surface area (Å²) in [6, 6.07) is 7.82. The standard InChI is InChI=1S/C22H28N4O2/c1-17-4-2-5-18(12-17)21(28)26-10-3-8-22(15-26)9-6-20(27)25(14-22)11-7-19-13-23-16-24-19/h2,4-5,12-13,16H,3,6-11,14-15H2,1H3,(H,23,24)/t22-/m0/s1. The quantitative estimate of drug-likeness (QED) is 0.887. The molecule has 0 saturated carbocycles. The number of hydrogen-bond acceptors (Lipinski definition) is 3. The fraction of sp³-hybridized carbons (Fsp3) is 0.500. The van der Waals surface area contributed by atoms with E-state index in [2.05, 4.69) is 9.97 Å². The fourth-order valence-corrected chi connectivity index (χ4v) is 4.66. The van der Waals surface area contributed by atoms with Crippen LogP contribution in [0.5, 0.6) is 0 Å². The van der Waals surface area contributed by atoms with Gasteiger partial charge in [0.15, 0.2) is 0 Å². The van der Waals surface area contributed by atoms with Crippen LogP contribution in [0.25, 0.3) is 0 Å². The van der Waals surface area contributed by atoms with Crippen LogP contribution < -0.4 is 0 Å².